The lowest BCUT2D eigenvalue weighted by Crippen LogP contribution is -2.63. The van der Waals surface area contributed by atoms with Gasteiger partial charge in [-0.15, -0.1) is 13.2 Å². The molecule has 1 aromatic rings. The lowest BCUT2D eigenvalue weighted by Gasteiger charge is -2.44. The van der Waals surface area contributed by atoms with Gasteiger partial charge in [0.05, 0.1) is 18.4 Å². The number of anilines is 1. The fraction of sp³-hybridized carbons (Fsp3) is 0.595. The van der Waals surface area contributed by atoms with Crippen molar-refractivity contribution in [2.24, 2.45) is 11.8 Å². The molecule has 2 aliphatic heterocycles. The Kier molecular flexibility index (Phi) is 18.1. The zero-order valence-corrected chi connectivity index (χ0v) is 30.7. The van der Waals surface area contributed by atoms with Crippen molar-refractivity contribution in [2.45, 2.75) is 95.9 Å². The minimum atomic E-state index is -1.62. The van der Waals surface area contributed by atoms with Crippen LogP contribution in [0.15, 0.2) is 43.5 Å². The highest BCUT2D eigenvalue weighted by Gasteiger charge is 2.53. The zero-order valence-electron chi connectivity index (χ0n) is 30.7. The van der Waals surface area contributed by atoms with Crippen LogP contribution in [0.2, 0.25) is 0 Å². The molecule has 1 aromatic carbocycles. The quantitative estimate of drug-likeness (QED) is 0.0581. The first-order valence-electron chi connectivity index (χ1n) is 17.9. The summed E-state index contributed by atoms with van der Waals surface area (Å²) in [6.45, 7) is 11.5. The minimum absolute atomic E-state index is 0.0130. The molecule has 1 saturated heterocycles. The molecule has 53 heavy (non-hydrogen) atoms. The highest BCUT2D eigenvalue weighted by molar-refractivity contribution is 5.86. The fourth-order valence-electron chi connectivity index (χ4n) is 5.65. The second-order valence-corrected chi connectivity index (χ2v) is 12.6. The molecular formula is C37H53N3O13. The first-order valence-corrected chi connectivity index (χ1v) is 17.9. The summed E-state index contributed by atoms with van der Waals surface area (Å²) >= 11 is 0. The number of carbonyl (C=O) groups excluding carboxylic acids is 5. The number of hydrogen-bond donors (Lipinski definition) is 4. The summed E-state index contributed by atoms with van der Waals surface area (Å²) in [6.07, 6.45) is -2.76. The van der Waals surface area contributed by atoms with Crippen molar-refractivity contribution in [1.29, 1.82) is 0 Å². The molecular weight excluding hydrogens is 694 g/mol. The van der Waals surface area contributed by atoms with Gasteiger partial charge in [0, 0.05) is 44.8 Å². The molecule has 2 aliphatic rings. The molecule has 16 nitrogen and oxygen atoms in total. The van der Waals surface area contributed by atoms with Crippen molar-refractivity contribution in [3.05, 3.63) is 43.5 Å². The second kappa shape index (κ2) is 22.4. The smallest absolute Gasteiger partial charge is 0.412 e. The highest BCUT2D eigenvalue weighted by Crippen LogP contribution is 2.35. The monoisotopic (exact) mass is 747 g/mol. The molecule has 0 bridgehead atoms. The van der Waals surface area contributed by atoms with E-state index in [0.717, 1.165) is 25.7 Å². The normalized spacial score (nSPS) is 21.3. The van der Waals surface area contributed by atoms with Gasteiger partial charge in [0.15, 0.2) is 36.1 Å². The van der Waals surface area contributed by atoms with Gasteiger partial charge in [-0.1, -0.05) is 38.8 Å². The Hall–Kier alpha value is -4.67. The summed E-state index contributed by atoms with van der Waals surface area (Å²) in [6, 6.07) is 4.64. The molecule has 1 fully saturated rings. The summed E-state index contributed by atoms with van der Waals surface area (Å²) in [5.41, 5.74) is 0.271. The summed E-state index contributed by atoms with van der Waals surface area (Å²) in [7, 11) is 1.25. The van der Waals surface area contributed by atoms with E-state index < -0.39 is 67.2 Å². The maximum absolute atomic E-state index is 13.8. The maximum Gasteiger partial charge on any atom is 0.412 e. The van der Waals surface area contributed by atoms with Gasteiger partial charge in [-0.3, -0.25) is 24.5 Å². The Labute approximate surface area is 309 Å². The third kappa shape index (κ3) is 13.0. The Morgan fingerprint density at radius 1 is 0.849 bits per heavy atom. The molecule has 3 rings (SSSR count). The van der Waals surface area contributed by atoms with E-state index >= 15 is 0 Å². The predicted molar refractivity (Wildman–Crippen MR) is 191 cm³/mol. The number of ether oxygens (including phenoxy) is 7. The van der Waals surface area contributed by atoms with E-state index in [9.17, 15) is 29.1 Å². The third-order valence-corrected chi connectivity index (χ3v) is 8.51. The van der Waals surface area contributed by atoms with Crippen LogP contribution in [0.25, 0.3) is 0 Å². The van der Waals surface area contributed by atoms with Crippen LogP contribution in [0.4, 0.5) is 10.5 Å². The number of fused-ring (bicyclic) bond motifs is 1. The Morgan fingerprint density at radius 3 is 1.94 bits per heavy atom. The van der Waals surface area contributed by atoms with Crippen molar-refractivity contribution in [1.82, 2.24) is 10.6 Å². The van der Waals surface area contributed by atoms with Crippen LogP contribution in [0.3, 0.4) is 0 Å². The minimum Gasteiger partial charge on any atom is -0.454 e. The number of benzene rings is 1. The number of aliphatic hydroxyl groups is 1. The van der Waals surface area contributed by atoms with Gasteiger partial charge >= 0.3 is 18.0 Å². The first-order chi connectivity index (χ1) is 25.6. The SMILES string of the molecule is C=CC[C@H](CC(=O)NCCCC)C(=O)O[C@@H]1[C@@H](OC(=O)[C@H](CC=C)CC(=O)NCCCC)[C@@H](OC)O[C@H](CO)[C@H]1OC(=O)Nc1ccc2c(c1)OCO2. The van der Waals surface area contributed by atoms with Crippen LogP contribution in [-0.4, -0.2) is 99.3 Å². The lowest BCUT2D eigenvalue weighted by atomic mass is 9.96. The number of methoxy groups -OCH3 is 1. The first kappa shape index (κ1) is 42.7. The Balaban J connectivity index is 1.94. The van der Waals surface area contributed by atoms with E-state index in [1.807, 2.05) is 13.8 Å². The summed E-state index contributed by atoms with van der Waals surface area (Å²) in [5.74, 6) is -3.67. The van der Waals surface area contributed by atoms with Crippen LogP contribution in [0.1, 0.15) is 65.2 Å². The van der Waals surface area contributed by atoms with Gasteiger partial charge in [0.1, 0.15) is 6.10 Å². The molecule has 16 heteroatoms. The largest absolute Gasteiger partial charge is 0.454 e. The Morgan fingerprint density at radius 2 is 1.42 bits per heavy atom. The van der Waals surface area contributed by atoms with Crippen molar-refractivity contribution >= 4 is 35.5 Å². The van der Waals surface area contributed by atoms with Gasteiger partial charge in [0.25, 0.3) is 0 Å². The van der Waals surface area contributed by atoms with E-state index in [-0.39, 0.29) is 50.0 Å². The van der Waals surface area contributed by atoms with Crippen molar-refractivity contribution in [3.63, 3.8) is 0 Å². The van der Waals surface area contributed by atoms with Crippen LogP contribution < -0.4 is 25.4 Å². The van der Waals surface area contributed by atoms with Crippen molar-refractivity contribution < 1.29 is 62.2 Å². The molecule has 0 unspecified atom stereocenters. The fourth-order valence-corrected chi connectivity index (χ4v) is 5.65. The number of allylic oxidation sites excluding steroid dienone is 2. The van der Waals surface area contributed by atoms with E-state index in [1.165, 1.54) is 25.3 Å². The van der Waals surface area contributed by atoms with Crippen molar-refractivity contribution in [2.75, 3.05) is 38.9 Å². The number of rotatable bonds is 22. The van der Waals surface area contributed by atoms with Crippen LogP contribution >= 0.6 is 0 Å². The molecule has 0 aliphatic carbocycles. The van der Waals surface area contributed by atoms with Gasteiger partial charge in [-0.2, -0.15) is 0 Å². The lowest BCUT2D eigenvalue weighted by molar-refractivity contribution is -0.300. The molecule has 294 valence electrons. The van der Waals surface area contributed by atoms with E-state index in [1.54, 1.807) is 12.1 Å². The van der Waals surface area contributed by atoms with Gasteiger partial charge in [-0.25, -0.2) is 4.79 Å². The molecule has 0 aromatic heterocycles. The number of aliphatic hydroxyl groups excluding tert-OH is 1. The van der Waals surface area contributed by atoms with Gasteiger partial charge in [-0.05, 0) is 37.8 Å². The summed E-state index contributed by atoms with van der Waals surface area (Å²) < 4.78 is 39.7. The number of nitrogens with one attached hydrogen (secondary N) is 3. The molecule has 0 radical (unpaired) electrons. The summed E-state index contributed by atoms with van der Waals surface area (Å²) in [4.78, 5) is 66.3. The van der Waals surface area contributed by atoms with E-state index in [4.69, 9.17) is 33.2 Å². The molecule has 4 N–H and O–H groups in total. The maximum atomic E-state index is 13.8. The highest BCUT2D eigenvalue weighted by atomic mass is 16.7. The molecule has 3 amide bonds. The molecule has 2 heterocycles. The number of unbranched alkanes of at least 4 members (excludes halogenated alkanes) is 2. The van der Waals surface area contributed by atoms with Gasteiger partial charge < -0.3 is 48.9 Å². The number of amides is 3. The summed E-state index contributed by atoms with van der Waals surface area (Å²) in [5, 5.41) is 18.5. The molecule has 0 saturated carbocycles. The average molecular weight is 748 g/mol. The average Bonchev–Trinajstić information content (AvgIpc) is 3.60. The zero-order chi connectivity index (χ0) is 38.8. The third-order valence-electron chi connectivity index (χ3n) is 8.51. The van der Waals surface area contributed by atoms with Crippen molar-refractivity contribution in [3.8, 4) is 11.5 Å². The van der Waals surface area contributed by atoms with Crippen LogP contribution in [-0.2, 0) is 42.9 Å². The topological polar surface area (TPSA) is 206 Å². The Bertz CT molecular complexity index is 1410. The number of esters is 2. The molecule has 7 atom stereocenters. The second-order valence-electron chi connectivity index (χ2n) is 12.6. The van der Waals surface area contributed by atoms with E-state index in [0.29, 0.717) is 24.6 Å². The standard InChI is InChI=1S/C37H53N3O13/c1-6-10-16-38-29(42)18-23(12-8-3)34(44)51-32-31(53-37(46)40-25-14-15-26-27(20-25)49-22-48-26)28(21-41)50-36(47-5)33(32)52-35(45)24(13-9-4)19-30(43)39-17-11-7-2/h8-9,14-15,20,23-24,28,31-33,36,41H,3-4,6-7,10-13,16-19,21-22H2,1-2,5H3,(H,38,42)(H,39,43)(H,40,46)/t23-,24-,28-,31-,32+,33-,36+/m1/s1. The predicted octanol–water partition coefficient (Wildman–Crippen LogP) is 3.52. The van der Waals surface area contributed by atoms with Crippen LogP contribution in [0, 0.1) is 11.8 Å². The van der Waals surface area contributed by atoms with Gasteiger partial charge in [0.2, 0.25) is 18.6 Å². The molecule has 0 spiro atoms. The van der Waals surface area contributed by atoms with Crippen LogP contribution in [0.5, 0.6) is 11.5 Å². The number of hydrogen-bond acceptors (Lipinski definition) is 13. The number of carbonyl (C=O) groups is 5. The van der Waals surface area contributed by atoms with E-state index in [2.05, 4.69) is 29.1 Å².